The number of nitrogens with zero attached hydrogens (tertiary/aromatic N) is 2. The molecule has 1 aliphatic heterocycles. The number of amides is 2. The van der Waals surface area contributed by atoms with E-state index in [1.54, 1.807) is 23.1 Å². The van der Waals surface area contributed by atoms with Gasteiger partial charge in [0.1, 0.15) is 0 Å². The lowest BCUT2D eigenvalue weighted by Crippen LogP contribution is -2.32. The van der Waals surface area contributed by atoms with Crippen LogP contribution >= 0.6 is 0 Å². The number of hydrogen-bond donors (Lipinski definition) is 1. The number of nitrogens with one attached hydrogen (secondary N) is 1. The predicted octanol–water partition coefficient (Wildman–Crippen LogP) is 2.79. The summed E-state index contributed by atoms with van der Waals surface area (Å²) in [5.74, 6) is -0.499. The maximum Gasteiger partial charge on any atom is 0.227 e. The number of anilines is 1. The van der Waals surface area contributed by atoms with Crippen molar-refractivity contribution in [3.63, 3.8) is 0 Å². The van der Waals surface area contributed by atoms with Crippen molar-refractivity contribution in [2.24, 2.45) is 5.92 Å². The number of para-hydroxylation sites is 1. The summed E-state index contributed by atoms with van der Waals surface area (Å²) >= 11 is 0. The maximum atomic E-state index is 12.5. The van der Waals surface area contributed by atoms with Crippen LogP contribution in [-0.4, -0.2) is 18.4 Å². The van der Waals surface area contributed by atoms with Gasteiger partial charge in [0.2, 0.25) is 11.8 Å². The summed E-state index contributed by atoms with van der Waals surface area (Å²) < 4.78 is 0. The van der Waals surface area contributed by atoms with Crippen molar-refractivity contribution >= 4 is 17.5 Å². The van der Waals surface area contributed by atoms with E-state index in [1.165, 1.54) is 0 Å². The second-order valence-corrected chi connectivity index (χ2v) is 6.42. The molecule has 26 heavy (non-hydrogen) atoms. The van der Waals surface area contributed by atoms with Crippen molar-refractivity contribution in [2.75, 3.05) is 11.4 Å². The molecule has 0 aromatic heterocycles. The lowest BCUT2D eigenvalue weighted by atomic mass is 10.1. The Labute approximate surface area is 153 Å². The Hall–Kier alpha value is -3.13. The fourth-order valence-electron chi connectivity index (χ4n) is 3.27. The molecule has 132 valence electrons. The van der Waals surface area contributed by atoms with Crippen LogP contribution in [-0.2, 0) is 22.6 Å². The van der Waals surface area contributed by atoms with Gasteiger partial charge in [-0.15, -0.1) is 0 Å². The van der Waals surface area contributed by atoms with Crippen molar-refractivity contribution in [2.45, 2.75) is 26.3 Å². The fraction of sp³-hybridized carbons (Fsp3) is 0.286. The van der Waals surface area contributed by atoms with Gasteiger partial charge in [-0.3, -0.25) is 9.59 Å². The Morgan fingerprint density at radius 1 is 1.27 bits per heavy atom. The Bertz CT molecular complexity index is 870. The van der Waals surface area contributed by atoms with E-state index >= 15 is 0 Å². The largest absolute Gasteiger partial charge is 0.352 e. The Morgan fingerprint density at radius 3 is 2.85 bits per heavy atom. The molecule has 0 aliphatic carbocycles. The van der Waals surface area contributed by atoms with Gasteiger partial charge >= 0.3 is 0 Å². The zero-order valence-electron chi connectivity index (χ0n) is 14.7. The zero-order chi connectivity index (χ0) is 18.5. The molecule has 5 nitrogen and oxygen atoms in total. The van der Waals surface area contributed by atoms with Crippen LogP contribution in [0.3, 0.4) is 0 Å². The lowest BCUT2D eigenvalue weighted by Gasteiger charge is -2.20. The molecule has 1 aliphatic rings. The zero-order valence-corrected chi connectivity index (χ0v) is 14.7. The van der Waals surface area contributed by atoms with Gasteiger partial charge in [0.05, 0.1) is 17.6 Å². The summed E-state index contributed by atoms with van der Waals surface area (Å²) in [6.45, 7) is 2.81. The standard InChI is InChI=1S/C21H21N3O2/c1-2-17-8-3-4-9-19(17)24-14-18(11-20(24)25)21(26)23-13-16-7-5-6-15(10-16)12-22/h3-10,18H,2,11,13-14H2,1H3,(H,23,26). The second kappa shape index (κ2) is 7.83. The third kappa shape index (κ3) is 3.75. The molecule has 2 aromatic carbocycles. The summed E-state index contributed by atoms with van der Waals surface area (Å²) in [5.41, 5.74) is 3.44. The van der Waals surface area contributed by atoms with E-state index in [4.69, 9.17) is 5.26 Å². The first-order valence-corrected chi connectivity index (χ1v) is 8.77. The number of carbonyl (C=O) groups excluding carboxylic acids is 2. The Kier molecular flexibility index (Phi) is 5.33. The highest BCUT2D eigenvalue weighted by molar-refractivity contribution is 6.00. The molecule has 2 amide bonds. The summed E-state index contributed by atoms with van der Waals surface area (Å²) in [6.07, 6.45) is 1.06. The number of carbonyl (C=O) groups is 2. The van der Waals surface area contributed by atoms with Gasteiger partial charge in [-0.2, -0.15) is 5.26 Å². The van der Waals surface area contributed by atoms with E-state index in [9.17, 15) is 9.59 Å². The number of benzene rings is 2. The summed E-state index contributed by atoms with van der Waals surface area (Å²) in [4.78, 5) is 26.6. The SMILES string of the molecule is CCc1ccccc1N1CC(C(=O)NCc2cccc(C#N)c2)CC1=O. The van der Waals surface area contributed by atoms with E-state index in [2.05, 4.69) is 18.3 Å². The van der Waals surface area contributed by atoms with E-state index in [0.29, 0.717) is 18.7 Å². The number of hydrogen-bond acceptors (Lipinski definition) is 3. The highest BCUT2D eigenvalue weighted by Gasteiger charge is 2.35. The van der Waals surface area contributed by atoms with Crippen LogP contribution in [0.4, 0.5) is 5.69 Å². The first-order chi connectivity index (χ1) is 12.6. The van der Waals surface area contributed by atoms with Crippen LogP contribution in [0, 0.1) is 17.2 Å². The molecule has 3 rings (SSSR count). The maximum absolute atomic E-state index is 12.5. The lowest BCUT2D eigenvalue weighted by molar-refractivity contribution is -0.126. The molecule has 1 atom stereocenters. The fourth-order valence-corrected chi connectivity index (χ4v) is 3.27. The molecule has 0 radical (unpaired) electrons. The average Bonchev–Trinajstić information content (AvgIpc) is 3.07. The van der Waals surface area contributed by atoms with Gasteiger partial charge in [-0.05, 0) is 35.7 Å². The summed E-state index contributed by atoms with van der Waals surface area (Å²) in [5, 5.41) is 11.8. The summed E-state index contributed by atoms with van der Waals surface area (Å²) in [7, 11) is 0. The van der Waals surface area contributed by atoms with Crippen LogP contribution < -0.4 is 10.2 Å². The molecule has 1 fully saturated rings. The molecule has 1 heterocycles. The quantitative estimate of drug-likeness (QED) is 0.904. The Balaban J connectivity index is 1.64. The molecule has 1 saturated heterocycles. The predicted molar refractivity (Wildman–Crippen MR) is 99.3 cm³/mol. The van der Waals surface area contributed by atoms with E-state index < -0.39 is 0 Å². The van der Waals surface area contributed by atoms with Crippen LogP contribution in [0.1, 0.15) is 30.0 Å². The summed E-state index contributed by atoms with van der Waals surface area (Å²) in [6, 6.07) is 17.0. The third-order valence-electron chi connectivity index (χ3n) is 4.68. The molecule has 1 N–H and O–H groups in total. The topological polar surface area (TPSA) is 73.2 Å². The average molecular weight is 347 g/mol. The highest BCUT2D eigenvalue weighted by atomic mass is 16.2. The molecule has 0 spiro atoms. The minimum absolute atomic E-state index is 0.0162. The van der Waals surface area contributed by atoms with Crippen molar-refractivity contribution in [1.29, 1.82) is 5.26 Å². The molecule has 1 unspecified atom stereocenters. The highest BCUT2D eigenvalue weighted by Crippen LogP contribution is 2.28. The van der Waals surface area contributed by atoms with Crippen LogP contribution in [0.2, 0.25) is 0 Å². The molecule has 5 heteroatoms. The van der Waals surface area contributed by atoms with Gasteiger partial charge in [-0.1, -0.05) is 37.3 Å². The Morgan fingerprint density at radius 2 is 2.08 bits per heavy atom. The smallest absolute Gasteiger partial charge is 0.227 e. The van der Waals surface area contributed by atoms with Gasteiger partial charge in [0.15, 0.2) is 0 Å². The minimum atomic E-state index is -0.355. The number of rotatable bonds is 5. The van der Waals surface area contributed by atoms with Gasteiger partial charge in [-0.25, -0.2) is 0 Å². The first kappa shape index (κ1) is 17.7. The van der Waals surface area contributed by atoms with Crippen LogP contribution in [0.5, 0.6) is 0 Å². The molecule has 0 saturated carbocycles. The van der Waals surface area contributed by atoms with E-state index in [1.807, 2.05) is 30.3 Å². The van der Waals surface area contributed by atoms with Crippen molar-refractivity contribution in [3.05, 3.63) is 65.2 Å². The van der Waals surface area contributed by atoms with Crippen molar-refractivity contribution in [1.82, 2.24) is 5.32 Å². The van der Waals surface area contributed by atoms with Gasteiger partial charge in [0, 0.05) is 25.2 Å². The van der Waals surface area contributed by atoms with Crippen molar-refractivity contribution < 1.29 is 9.59 Å². The first-order valence-electron chi connectivity index (χ1n) is 8.77. The molecule has 2 aromatic rings. The minimum Gasteiger partial charge on any atom is -0.352 e. The van der Waals surface area contributed by atoms with Crippen molar-refractivity contribution in [3.8, 4) is 6.07 Å². The number of nitriles is 1. The second-order valence-electron chi connectivity index (χ2n) is 6.42. The van der Waals surface area contributed by atoms with Crippen LogP contribution in [0.15, 0.2) is 48.5 Å². The van der Waals surface area contributed by atoms with Gasteiger partial charge in [0.25, 0.3) is 0 Å². The normalized spacial score (nSPS) is 16.4. The monoisotopic (exact) mass is 347 g/mol. The van der Waals surface area contributed by atoms with Gasteiger partial charge < -0.3 is 10.2 Å². The molecule has 0 bridgehead atoms. The van der Waals surface area contributed by atoms with E-state index in [0.717, 1.165) is 23.2 Å². The molecular weight excluding hydrogens is 326 g/mol. The number of aryl methyl sites for hydroxylation is 1. The third-order valence-corrected chi connectivity index (χ3v) is 4.68. The van der Waals surface area contributed by atoms with Crippen LogP contribution in [0.25, 0.3) is 0 Å². The van der Waals surface area contributed by atoms with E-state index in [-0.39, 0.29) is 24.2 Å². The molecular formula is C21H21N3O2.